The summed E-state index contributed by atoms with van der Waals surface area (Å²) in [5.41, 5.74) is -0.355. The second-order valence-electron chi connectivity index (χ2n) is 6.11. The normalized spacial score (nSPS) is 17.7. The molecule has 26 heavy (non-hydrogen) atoms. The van der Waals surface area contributed by atoms with Crippen molar-refractivity contribution in [2.24, 2.45) is 0 Å². The van der Waals surface area contributed by atoms with E-state index in [2.05, 4.69) is 9.97 Å². The third kappa shape index (κ3) is 2.47. The highest BCUT2D eigenvalue weighted by Crippen LogP contribution is 2.50. The van der Waals surface area contributed by atoms with Crippen LogP contribution in [0, 0.1) is 5.82 Å². The van der Waals surface area contributed by atoms with Gasteiger partial charge in [-0.25, -0.2) is 17.8 Å². The molecule has 1 aromatic carbocycles. The van der Waals surface area contributed by atoms with Crippen LogP contribution in [0.2, 0.25) is 5.02 Å². The van der Waals surface area contributed by atoms with Crippen molar-refractivity contribution in [3.8, 4) is 5.75 Å². The SMILES string of the molecule is CCOc1c(Cl)ccc(F)c1C1=C(O)c2nccnc2C(C)(C)S1(=O)=O. The largest absolute Gasteiger partial charge is 0.504 e. The Morgan fingerprint density at radius 1 is 1.27 bits per heavy atom. The van der Waals surface area contributed by atoms with Crippen LogP contribution >= 0.6 is 11.6 Å². The summed E-state index contributed by atoms with van der Waals surface area (Å²) in [6, 6.07) is 2.28. The molecule has 0 unspecified atom stereocenters. The fraction of sp³-hybridized carbons (Fsp3) is 0.294. The molecular weight excluding hydrogens is 383 g/mol. The van der Waals surface area contributed by atoms with Crippen molar-refractivity contribution in [2.75, 3.05) is 6.61 Å². The number of benzene rings is 1. The van der Waals surface area contributed by atoms with Gasteiger partial charge in [-0.05, 0) is 32.9 Å². The minimum atomic E-state index is -4.25. The molecule has 6 nitrogen and oxygen atoms in total. The minimum Gasteiger partial charge on any atom is -0.504 e. The fourth-order valence-corrected chi connectivity index (χ4v) is 4.79. The van der Waals surface area contributed by atoms with E-state index in [4.69, 9.17) is 16.3 Å². The number of aliphatic hydroxyl groups is 1. The van der Waals surface area contributed by atoms with Gasteiger partial charge in [0, 0.05) is 12.4 Å². The number of fused-ring (bicyclic) bond motifs is 1. The summed E-state index contributed by atoms with van der Waals surface area (Å²) < 4.78 is 45.1. The van der Waals surface area contributed by atoms with E-state index in [1.54, 1.807) is 6.92 Å². The molecule has 0 aliphatic carbocycles. The highest BCUT2D eigenvalue weighted by molar-refractivity contribution is 8.01. The van der Waals surface area contributed by atoms with Gasteiger partial charge in [-0.15, -0.1) is 0 Å². The van der Waals surface area contributed by atoms with Crippen molar-refractivity contribution >= 4 is 32.1 Å². The Kier molecular flexibility index (Phi) is 4.44. The highest BCUT2D eigenvalue weighted by atomic mass is 35.5. The molecule has 2 aromatic rings. The van der Waals surface area contributed by atoms with Crippen LogP contribution in [0.15, 0.2) is 24.5 Å². The van der Waals surface area contributed by atoms with Crippen LogP contribution in [0.1, 0.15) is 37.7 Å². The molecule has 0 fully saturated rings. The predicted octanol–water partition coefficient (Wildman–Crippen LogP) is 3.72. The van der Waals surface area contributed by atoms with Crippen molar-refractivity contribution in [3.05, 3.63) is 52.3 Å². The second-order valence-corrected chi connectivity index (χ2v) is 8.95. The van der Waals surface area contributed by atoms with Crippen LogP contribution < -0.4 is 4.74 Å². The molecule has 1 aromatic heterocycles. The van der Waals surface area contributed by atoms with Crippen molar-refractivity contribution in [3.63, 3.8) is 0 Å². The summed E-state index contributed by atoms with van der Waals surface area (Å²) in [4.78, 5) is 7.48. The van der Waals surface area contributed by atoms with Crippen LogP contribution in [0.4, 0.5) is 4.39 Å². The van der Waals surface area contributed by atoms with Gasteiger partial charge >= 0.3 is 0 Å². The monoisotopic (exact) mass is 398 g/mol. The van der Waals surface area contributed by atoms with E-state index in [1.807, 2.05) is 0 Å². The zero-order valence-electron chi connectivity index (χ0n) is 14.2. The van der Waals surface area contributed by atoms with Gasteiger partial charge in [-0.1, -0.05) is 11.6 Å². The molecule has 1 aliphatic heterocycles. The Morgan fingerprint density at radius 3 is 2.58 bits per heavy atom. The number of aliphatic hydroxyl groups excluding tert-OH is 1. The maximum atomic E-state index is 14.7. The molecule has 0 amide bonds. The minimum absolute atomic E-state index is 0.0239. The molecule has 1 N–H and O–H groups in total. The molecular formula is C17H16ClFN2O4S. The number of aromatic nitrogens is 2. The molecule has 1 aliphatic rings. The van der Waals surface area contributed by atoms with Crippen molar-refractivity contribution in [2.45, 2.75) is 25.5 Å². The van der Waals surface area contributed by atoms with Gasteiger partial charge < -0.3 is 9.84 Å². The first-order valence-electron chi connectivity index (χ1n) is 7.75. The molecule has 0 bridgehead atoms. The topological polar surface area (TPSA) is 89.4 Å². The van der Waals surface area contributed by atoms with Crippen LogP contribution in [0.5, 0.6) is 5.75 Å². The van der Waals surface area contributed by atoms with E-state index in [-0.39, 0.29) is 28.8 Å². The van der Waals surface area contributed by atoms with Gasteiger partial charge in [0.2, 0.25) is 0 Å². The molecule has 0 saturated heterocycles. The van der Waals surface area contributed by atoms with Gasteiger partial charge in [0.15, 0.2) is 15.6 Å². The van der Waals surface area contributed by atoms with Crippen LogP contribution in [0.25, 0.3) is 10.7 Å². The van der Waals surface area contributed by atoms with E-state index in [0.29, 0.717) is 0 Å². The maximum absolute atomic E-state index is 14.7. The Bertz CT molecular complexity index is 1040. The lowest BCUT2D eigenvalue weighted by atomic mass is 10.0. The Hall–Kier alpha value is -2.19. The van der Waals surface area contributed by atoms with E-state index < -0.39 is 36.6 Å². The Labute approximate surface area is 155 Å². The third-order valence-electron chi connectivity index (χ3n) is 4.22. The van der Waals surface area contributed by atoms with Gasteiger partial charge in [-0.3, -0.25) is 4.98 Å². The van der Waals surface area contributed by atoms with Crippen molar-refractivity contribution < 1.29 is 22.7 Å². The molecule has 0 atom stereocenters. The lowest BCUT2D eigenvalue weighted by molar-refractivity contribution is 0.337. The molecule has 0 saturated carbocycles. The highest BCUT2D eigenvalue weighted by Gasteiger charge is 2.50. The van der Waals surface area contributed by atoms with E-state index in [0.717, 1.165) is 6.07 Å². The van der Waals surface area contributed by atoms with Crippen molar-refractivity contribution in [1.29, 1.82) is 0 Å². The van der Waals surface area contributed by atoms with Gasteiger partial charge in [0.25, 0.3) is 0 Å². The number of rotatable bonds is 3. The van der Waals surface area contributed by atoms with E-state index in [1.165, 1.54) is 32.3 Å². The Balaban J connectivity index is 2.48. The quantitative estimate of drug-likeness (QED) is 0.847. The average molecular weight is 399 g/mol. The van der Waals surface area contributed by atoms with Crippen molar-refractivity contribution in [1.82, 2.24) is 9.97 Å². The van der Waals surface area contributed by atoms with Crippen LogP contribution in [-0.2, 0) is 14.6 Å². The fourth-order valence-electron chi connectivity index (χ4n) is 2.85. The second kappa shape index (κ2) is 6.21. The number of hydrogen-bond acceptors (Lipinski definition) is 6. The summed E-state index contributed by atoms with van der Waals surface area (Å²) in [5.74, 6) is -1.72. The molecule has 2 heterocycles. The number of sulfone groups is 1. The molecule has 0 spiro atoms. The summed E-state index contributed by atoms with van der Waals surface area (Å²) in [6.45, 7) is 4.62. The Morgan fingerprint density at radius 2 is 1.92 bits per heavy atom. The standard InChI is InChI=1S/C17H16ClFN2O4S/c1-4-25-14-9(18)5-6-10(19)11(14)15-13(22)12-16(21-8-7-20-12)17(2,3)26(15,23)24/h5-8,22H,4H2,1-3H3. The zero-order valence-corrected chi connectivity index (χ0v) is 15.8. The van der Waals surface area contributed by atoms with E-state index in [9.17, 15) is 17.9 Å². The van der Waals surface area contributed by atoms with Gasteiger partial charge in [-0.2, -0.15) is 0 Å². The first-order valence-corrected chi connectivity index (χ1v) is 9.61. The predicted molar refractivity (Wildman–Crippen MR) is 96.0 cm³/mol. The van der Waals surface area contributed by atoms with Gasteiger partial charge in [0.05, 0.1) is 22.9 Å². The number of ether oxygens (including phenoxy) is 1. The number of hydrogen-bond donors (Lipinski definition) is 1. The number of nitrogens with zero attached hydrogens (tertiary/aromatic N) is 2. The van der Waals surface area contributed by atoms with E-state index >= 15 is 0 Å². The molecule has 9 heteroatoms. The summed E-state index contributed by atoms with van der Waals surface area (Å²) in [5, 5.41) is 10.7. The lowest BCUT2D eigenvalue weighted by Crippen LogP contribution is -2.36. The molecule has 0 radical (unpaired) electrons. The number of halogens is 2. The first-order chi connectivity index (χ1) is 12.1. The molecule has 138 valence electrons. The summed E-state index contributed by atoms with van der Waals surface area (Å²) in [6.07, 6.45) is 2.65. The lowest BCUT2D eigenvalue weighted by Gasteiger charge is -2.32. The average Bonchev–Trinajstić information content (AvgIpc) is 2.59. The van der Waals surface area contributed by atoms with Crippen LogP contribution in [0.3, 0.4) is 0 Å². The smallest absolute Gasteiger partial charge is 0.193 e. The van der Waals surface area contributed by atoms with Crippen LogP contribution in [-0.4, -0.2) is 30.1 Å². The molecule has 3 rings (SSSR count). The maximum Gasteiger partial charge on any atom is 0.193 e. The summed E-state index contributed by atoms with van der Waals surface area (Å²) in [7, 11) is -4.25. The third-order valence-corrected chi connectivity index (χ3v) is 6.99. The van der Waals surface area contributed by atoms with Gasteiger partial charge in [0.1, 0.15) is 26.9 Å². The first kappa shape index (κ1) is 18.6. The summed E-state index contributed by atoms with van der Waals surface area (Å²) >= 11 is 6.09. The zero-order chi connectivity index (χ0) is 19.3.